The maximum absolute atomic E-state index is 12.6. The molecule has 1 aliphatic rings. The molecule has 4 rings (SSSR count). The second-order valence-corrected chi connectivity index (χ2v) is 7.23. The van der Waals surface area contributed by atoms with E-state index in [1.807, 2.05) is 43.3 Å². The van der Waals surface area contributed by atoms with Crippen molar-refractivity contribution >= 4 is 23.4 Å². The normalized spacial score (nSPS) is 13.4. The van der Waals surface area contributed by atoms with Crippen molar-refractivity contribution in [3.63, 3.8) is 0 Å². The largest absolute Gasteiger partial charge is 0.454 e. The predicted molar refractivity (Wildman–Crippen MR) is 101 cm³/mol. The van der Waals surface area contributed by atoms with E-state index in [4.69, 9.17) is 13.9 Å². The third kappa shape index (κ3) is 3.61. The third-order valence-electron chi connectivity index (χ3n) is 4.13. The second-order valence-electron chi connectivity index (χ2n) is 5.93. The summed E-state index contributed by atoms with van der Waals surface area (Å²) >= 11 is 1.23. The van der Waals surface area contributed by atoms with Crippen LogP contribution in [0.1, 0.15) is 6.92 Å². The van der Waals surface area contributed by atoms with Crippen LogP contribution in [0, 0.1) is 0 Å². The highest BCUT2D eigenvalue weighted by Crippen LogP contribution is 2.36. The number of hydrogen-bond acceptors (Lipinski definition) is 7. The van der Waals surface area contributed by atoms with Gasteiger partial charge >= 0.3 is 0 Å². The van der Waals surface area contributed by atoms with Gasteiger partial charge in [0.25, 0.3) is 5.22 Å². The molecule has 0 bridgehead atoms. The minimum atomic E-state index is -0.375. The second kappa shape index (κ2) is 7.32. The Hall–Kier alpha value is -3.00. The van der Waals surface area contributed by atoms with Gasteiger partial charge in [0.05, 0.1) is 5.25 Å². The van der Waals surface area contributed by atoms with Crippen molar-refractivity contribution in [2.24, 2.45) is 0 Å². The monoisotopic (exact) mass is 383 g/mol. The highest BCUT2D eigenvalue weighted by Gasteiger charge is 2.23. The van der Waals surface area contributed by atoms with Crippen LogP contribution >= 0.6 is 11.8 Å². The Balaban J connectivity index is 1.45. The number of ether oxygens (including phenoxy) is 2. The molecule has 1 aromatic heterocycles. The Morgan fingerprint density at radius 3 is 2.70 bits per heavy atom. The Labute approximate surface area is 160 Å². The summed E-state index contributed by atoms with van der Waals surface area (Å²) in [6.45, 7) is 2.02. The van der Waals surface area contributed by atoms with Crippen LogP contribution in [0.25, 0.3) is 11.5 Å². The molecule has 0 spiro atoms. The standard InChI is InChI=1S/C19H17N3O4S/c1-12(18(23)22(2)14-6-4-3-5-7-14)27-19-21-20-17(26-19)13-8-9-15-16(10-13)25-11-24-15/h3-10,12H,11H2,1-2H3/t12-/m1/s1. The van der Waals surface area contributed by atoms with Gasteiger partial charge in [0.2, 0.25) is 18.6 Å². The zero-order chi connectivity index (χ0) is 18.8. The number of amides is 1. The molecular weight excluding hydrogens is 366 g/mol. The van der Waals surface area contributed by atoms with Gasteiger partial charge in [-0.3, -0.25) is 4.79 Å². The van der Waals surface area contributed by atoms with Gasteiger partial charge in [-0.2, -0.15) is 0 Å². The average Bonchev–Trinajstić information content (AvgIpc) is 3.36. The molecule has 0 saturated carbocycles. The SMILES string of the molecule is C[C@@H](Sc1nnc(-c2ccc3c(c2)OCO3)o1)C(=O)N(C)c1ccccc1. The molecule has 1 aliphatic heterocycles. The van der Waals surface area contributed by atoms with E-state index in [0.29, 0.717) is 22.6 Å². The molecule has 1 amide bonds. The molecule has 7 nitrogen and oxygen atoms in total. The van der Waals surface area contributed by atoms with Crippen molar-refractivity contribution < 1.29 is 18.7 Å². The number of para-hydroxylation sites is 1. The van der Waals surface area contributed by atoms with Crippen LogP contribution in [0.15, 0.2) is 58.2 Å². The van der Waals surface area contributed by atoms with Gasteiger partial charge in [-0.1, -0.05) is 30.0 Å². The van der Waals surface area contributed by atoms with Gasteiger partial charge in [0.1, 0.15) is 0 Å². The Morgan fingerprint density at radius 2 is 1.89 bits per heavy atom. The number of fused-ring (bicyclic) bond motifs is 1. The summed E-state index contributed by atoms with van der Waals surface area (Å²) in [5, 5.41) is 8.08. The van der Waals surface area contributed by atoms with Gasteiger partial charge in [0, 0.05) is 18.3 Å². The molecule has 27 heavy (non-hydrogen) atoms. The van der Waals surface area contributed by atoms with E-state index in [1.165, 1.54) is 11.8 Å². The zero-order valence-electron chi connectivity index (χ0n) is 14.8. The summed E-state index contributed by atoms with van der Waals surface area (Å²) in [5.41, 5.74) is 1.57. The lowest BCUT2D eigenvalue weighted by Gasteiger charge is -2.20. The van der Waals surface area contributed by atoms with Gasteiger partial charge in [0.15, 0.2) is 11.5 Å². The maximum Gasteiger partial charge on any atom is 0.277 e. The van der Waals surface area contributed by atoms with Crippen LogP contribution < -0.4 is 14.4 Å². The number of rotatable bonds is 5. The van der Waals surface area contributed by atoms with Crippen molar-refractivity contribution in [3.8, 4) is 23.0 Å². The van der Waals surface area contributed by atoms with E-state index in [2.05, 4.69) is 10.2 Å². The summed E-state index contributed by atoms with van der Waals surface area (Å²) in [4.78, 5) is 14.3. The van der Waals surface area contributed by atoms with Crippen LogP contribution in [0.3, 0.4) is 0 Å². The number of hydrogen-bond donors (Lipinski definition) is 0. The van der Waals surface area contributed by atoms with Crippen LogP contribution in [-0.4, -0.2) is 35.2 Å². The summed E-state index contributed by atoms with van der Waals surface area (Å²) in [7, 11) is 1.75. The number of nitrogens with zero attached hydrogens (tertiary/aromatic N) is 3. The molecule has 3 aromatic rings. The van der Waals surface area contributed by atoms with E-state index in [0.717, 1.165) is 11.3 Å². The number of aromatic nitrogens is 2. The Bertz CT molecular complexity index is 961. The zero-order valence-corrected chi connectivity index (χ0v) is 15.6. The number of carbonyl (C=O) groups is 1. The van der Waals surface area contributed by atoms with Gasteiger partial charge in [-0.05, 0) is 37.3 Å². The highest BCUT2D eigenvalue weighted by molar-refractivity contribution is 8.00. The van der Waals surface area contributed by atoms with E-state index < -0.39 is 0 Å². The van der Waals surface area contributed by atoms with Crippen LogP contribution in [0.2, 0.25) is 0 Å². The van der Waals surface area contributed by atoms with E-state index in [9.17, 15) is 4.79 Å². The smallest absolute Gasteiger partial charge is 0.277 e. The fourth-order valence-corrected chi connectivity index (χ4v) is 3.43. The topological polar surface area (TPSA) is 77.7 Å². The third-order valence-corrected chi connectivity index (χ3v) is 5.05. The molecular formula is C19H17N3O4S. The van der Waals surface area contributed by atoms with Gasteiger partial charge in [-0.15, -0.1) is 10.2 Å². The molecule has 0 saturated heterocycles. The first-order valence-electron chi connectivity index (χ1n) is 8.34. The molecule has 138 valence electrons. The lowest BCUT2D eigenvalue weighted by molar-refractivity contribution is -0.117. The number of carbonyl (C=O) groups excluding carboxylic acids is 1. The fourth-order valence-electron chi connectivity index (χ4n) is 2.66. The average molecular weight is 383 g/mol. The van der Waals surface area contributed by atoms with E-state index in [1.54, 1.807) is 24.1 Å². The van der Waals surface area contributed by atoms with Crippen LogP contribution in [-0.2, 0) is 4.79 Å². The highest BCUT2D eigenvalue weighted by atomic mass is 32.2. The summed E-state index contributed by atoms with van der Waals surface area (Å²) < 4.78 is 16.4. The quantitative estimate of drug-likeness (QED) is 0.623. The first-order valence-corrected chi connectivity index (χ1v) is 9.22. The fraction of sp³-hybridized carbons (Fsp3) is 0.211. The lowest BCUT2D eigenvalue weighted by atomic mass is 10.2. The van der Waals surface area contributed by atoms with E-state index >= 15 is 0 Å². The molecule has 0 radical (unpaired) electrons. The lowest BCUT2D eigenvalue weighted by Crippen LogP contribution is -2.33. The van der Waals surface area contributed by atoms with Crippen LogP contribution in [0.4, 0.5) is 5.69 Å². The molecule has 0 N–H and O–H groups in total. The van der Waals surface area contributed by atoms with Crippen molar-refractivity contribution in [2.45, 2.75) is 17.4 Å². The molecule has 1 atom stereocenters. The van der Waals surface area contributed by atoms with Gasteiger partial charge in [-0.25, -0.2) is 0 Å². The van der Waals surface area contributed by atoms with Gasteiger partial charge < -0.3 is 18.8 Å². The molecule has 0 fully saturated rings. The minimum absolute atomic E-state index is 0.0472. The first-order chi connectivity index (χ1) is 13.1. The van der Waals surface area contributed by atoms with Crippen molar-refractivity contribution in [2.75, 3.05) is 18.7 Å². The summed E-state index contributed by atoms with van der Waals surface area (Å²) in [6, 6.07) is 14.9. The number of benzene rings is 2. The predicted octanol–water partition coefficient (Wildman–Crippen LogP) is 3.61. The van der Waals surface area contributed by atoms with Crippen molar-refractivity contribution in [1.29, 1.82) is 0 Å². The molecule has 2 aromatic carbocycles. The Kier molecular flexibility index (Phi) is 4.72. The molecule has 0 aliphatic carbocycles. The van der Waals surface area contributed by atoms with Crippen LogP contribution in [0.5, 0.6) is 11.5 Å². The molecule has 0 unspecified atom stereocenters. The summed E-state index contributed by atoms with van der Waals surface area (Å²) in [5.74, 6) is 1.66. The number of anilines is 1. The Morgan fingerprint density at radius 1 is 1.11 bits per heavy atom. The van der Waals surface area contributed by atoms with E-state index in [-0.39, 0.29) is 18.0 Å². The molecule has 8 heteroatoms. The first kappa shape index (κ1) is 17.4. The van der Waals surface area contributed by atoms with Crippen molar-refractivity contribution in [1.82, 2.24) is 10.2 Å². The molecule has 2 heterocycles. The maximum atomic E-state index is 12.6. The van der Waals surface area contributed by atoms with Crippen molar-refractivity contribution in [3.05, 3.63) is 48.5 Å². The summed E-state index contributed by atoms with van der Waals surface area (Å²) in [6.07, 6.45) is 0. The number of thioether (sulfide) groups is 1. The minimum Gasteiger partial charge on any atom is -0.454 e.